The summed E-state index contributed by atoms with van der Waals surface area (Å²) in [6.07, 6.45) is 0. The van der Waals surface area contributed by atoms with Gasteiger partial charge in [-0.05, 0) is 49.4 Å². The van der Waals surface area contributed by atoms with Gasteiger partial charge < -0.3 is 10.1 Å². The van der Waals surface area contributed by atoms with Gasteiger partial charge in [-0.2, -0.15) is 0 Å². The lowest BCUT2D eigenvalue weighted by Crippen LogP contribution is -2.14. The van der Waals surface area contributed by atoms with Gasteiger partial charge in [-0.25, -0.2) is 9.97 Å². The van der Waals surface area contributed by atoms with Gasteiger partial charge in [-0.3, -0.25) is 4.79 Å². The summed E-state index contributed by atoms with van der Waals surface area (Å²) in [5, 5.41) is 3.44. The molecule has 0 aliphatic heterocycles. The number of nitrogens with zero attached hydrogens (tertiary/aromatic N) is 2. The lowest BCUT2D eigenvalue weighted by Gasteiger charge is -2.07. The van der Waals surface area contributed by atoms with E-state index in [2.05, 4.69) is 15.3 Å². The lowest BCUT2D eigenvalue weighted by molar-refractivity contribution is -0.113. The number of carbonyl (C=O) groups excluding carboxylic acids is 1. The van der Waals surface area contributed by atoms with Crippen molar-refractivity contribution in [3.05, 3.63) is 66.4 Å². The Balaban J connectivity index is 1.68. The van der Waals surface area contributed by atoms with Crippen LogP contribution in [0.15, 0.2) is 65.8 Å². The van der Waals surface area contributed by atoms with Gasteiger partial charge in [0.1, 0.15) is 5.75 Å². The summed E-state index contributed by atoms with van der Waals surface area (Å²) in [5.74, 6) is 0.962. The molecule has 1 aromatic heterocycles. The quantitative estimate of drug-likeness (QED) is 0.524. The highest BCUT2D eigenvalue weighted by Gasteiger charge is 2.09. The predicted molar refractivity (Wildman–Crippen MR) is 105 cm³/mol. The molecule has 1 N–H and O–H groups in total. The summed E-state index contributed by atoms with van der Waals surface area (Å²) in [5.41, 5.74) is 3.44. The standard InChI is InChI=1S/C20H19N3O2S/c1-14-12-18(15-8-10-17(25-2)11-9-15)23-20(21-14)26-13-19(24)22-16-6-4-3-5-7-16/h3-12H,13H2,1-2H3,(H,22,24). The zero-order chi connectivity index (χ0) is 18.4. The minimum absolute atomic E-state index is 0.0858. The Hall–Kier alpha value is -2.86. The smallest absolute Gasteiger partial charge is 0.234 e. The van der Waals surface area contributed by atoms with Crippen LogP contribution in [0, 0.1) is 6.92 Å². The number of para-hydroxylation sites is 1. The molecule has 0 bridgehead atoms. The van der Waals surface area contributed by atoms with Crippen molar-refractivity contribution < 1.29 is 9.53 Å². The summed E-state index contributed by atoms with van der Waals surface area (Å²) in [6, 6.07) is 19.0. The Morgan fingerprint density at radius 2 is 1.81 bits per heavy atom. The maximum Gasteiger partial charge on any atom is 0.234 e. The number of aryl methyl sites for hydroxylation is 1. The van der Waals surface area contributed by atoms with Crippen LogP contribution in [-0.4, -0.2) is 28.7 Å². The SMILES string of the molecule is COc1ccc(-c2cc(C)nc(SCC(=O)Nc3ccccc3)n2)cc1. The first-order valence-corrected chi connectivity index (χ1v) is 9.10. The van der Waals surface area contributed by atoms with E-state index in [1.54, 1.807) is 7.11 Å². The second-order valence-electron chi connectivity index (χ2n) is 5.61. The maximum absolute atomic E-state index is 12.1. The summed E-state index contributed by atoms with van der Waals surface area (Å²) in [6.45, 7) is 1.92. The topological polar surface area (TPSA) is 64.1 Å². The van der Waals surface area contributed by atoms with Crippen molar-refractivity contribution in [2.45, 2.75) is 12.1 Å². The molecule has 0 radical (unpaired) electrons. The molecular weight excluding hydrogens is 346 g/mol. The average molecular weight is 365 g/mol. The second kappa shape index (κ2) is 8.49. The van der Waals surface area contributed by atoms with Crippen molar-refractivity contribution in [1.29, 1.82) is 0 Å². The van der Waals surface area contributed by atoms with Crippen LogP contribution in [0.4, 0.5) is 5.69 Å². The number of hydrogen-bond acceptors (Lipinski definition) is 5. The molecule has 26 heavy (non-hydrogen) atoms. The average Bonchev–Trinajstić information content (AvgIpc) is 2.67. The van der Waals surface area contributed by atoms with Gasteiger partial charge in [-0.1, -0.05) is 30.0 Å². The maximum atomic E-state index is 12.1. The number of rotatable bonds is 6. The third kappa shape index (κ3) is 4.83. The number of benzene rings is 2. The molecule has 0 saturated carbocycles. The second-order valence-corrected chi connectivity index (χ2v) is 6.55. The van der Waals surface area contributed by atoms with Gasteiger partial charge in [-0.15, -0.1) is 0 Å². The Kier molecular flexibility index (Phi) is 5.86. The molecule has 3 aromatic rings. The Labute approximate surface area is 156 Å². The van der Waals surface area contributed by atoms with Crippen molar-refractivity contribution in [2.24, 2.45) is 0 Å². The van der Waals surface area contributed by atoms with Crippen molar-refractivity contribution in [3.8, 4) is 17.0 Å². The van der Waals surface area contributed by atoms with Crippen LogP contribution in [0.25, 0.3) is 11.3 Å². The van der Waals surface area contributed by atoms with E-state index in [4.69, 9.17) is 4.74 Å². The van der Waals surface area contributed by atoms with Crippen molar-refractivity contribution in [3.63, 3.8) is 0 Å². The van der Waals surface area contributed by atoms with Crippen LogP contribution in [0.5, 0.6) is 5.75 Å². The summed E-state index contributed by atoms with van der Waals surface area (Å²) in [4.78, 5) is 21.1. The molecule has 0 aliphatic rings. The van der Waals surface area contributed by atoms with Crippen LogP contribution in [0.3, 0.4) is 0 Å². The highest BCUT2D eigenvalue weighted by molar-refractivity contribution is 7.99. The summed E-state index contributed by atoms with van der Waals surface area (Å²) < 4.78 is 5.18. The molecule has 0 aliphatic carbocycles. The number of methoxy groups -OCH3 is 1. The number of aromatic nitrogens is 2. The van der Waals surface area contributed by atoms with E-state index in [0.717, 1.165) is 28.4 Å². The van der Waals surface area contributed by atoms with Crippen molar-refractivity contribution in [1.82, 2.24) is 9.97 Å². The van der Waals surface area contributed by atoms with Gasteiger partial charge in [0, 0.05) is 16.9 Å². The van der Waals surface area contributed by atoms with Crippen molar-refractivity contribution in [2.75, 3.05) is 18.2 Å². The fourth-order valence-corrected chi connectivity index (χ4v) is 3.07. The third-order valence-corrected chi connectivity index (χ3v) is 4.46. The largest absolute Gasteiger partial charge is 0.497 e. The van der Waals surface area contributed by atoms with Gasteiger partial charge >= 0.3 is 0 Å². The molecule has 132 valence electrons. The van der Waals surface area contributed by atoms with Gasteiger partial charge in [0.05, 0.1) is 18.6 Å². The van der Waals surface area contributed by atoms with E-state index >= 15 is 0 Å². The van der Waals surface area contributed by atoms with E-state index in [0.29, 0.717) is 5.16 Å². The number of amides is 1. The number of thioether (sulfide) groups is 1. The highest BCUT2D eigenvalue weighted by Crippen LogP contribution is 2.24. The van der Waals surface area contributed by atoms with E-state index in [-0.39, 0.29) is 11.7 Å². The Morgan fingerprint density at radius 1 is 1.08 bits per heavy atom. The predicted octanol–water partition coefficient (Wildman–Crippen LogP) is 4.19. The van der Waals surface area contributed by atoms with E-state index < -0.39 is 0 Å². The summed E-state index contributed by atoms with van der Waals surface area (Å²) in [7, 11) is 1.64. The van der Waals surface area contributed by atoms with Gasteiger partial charge in [0.25, 0.3) is 0 Å². The summed E-state index contributed by atoms with van der Waals surface area (Å²) >= 11 is 1.32. The minimum atomic E-state index is -0.0858. The van der Waals surface area contributed by atoms with Crippen LogP contribution in [0.1, 0.15) is 5.69 Å². The number of anilines is 1. The Bertz CT molecular complexity index is 883. The molecule has 1 heterocycles. The fourth-order valence-electron chi connectivity index (χ4n) is 2.36. The first-order valence-electron chi connectivity index (χ1n) is 8.12. The number of carbonyl (C=O) groups is 1. The molecule has 6 heteroatoms. The third-order valence-electron chi connectivity index (χ3n) is 3.61. The number of ether oxygens (including phenoxy) is 1. The molecule has 3 rings (SSSR count). The zero-order valence-corrected chi connectivity index (χ0v) is 15.4. The fraction of sp³-hybridized carbons (Fsp3) is 0.150. The van der Waals surface area contributed by atoms with E-state index in [1.807, 2.05) is 67.6 Å². The van der Waals surface area contributed by atoms with Crippen LogP contribution < -0.4 is 10.1 Å². The molecule has 0 atom stereocenters. The van der Waals surface area contributed by atoms with Crippen LogP contribution >= 0.6 is 11.8 Å². The van der Waals surface area contributed by atoms with Gasteiger partial charge in [0.2, 0.25) is 5.91 Å². The van der Waals surface area contributed by atoms with Crippen LogP contribution in [-0.2, 0) is 4.79 Å². The first kappa shape index (κ1) is 17.9. The molecule has 2 aromatic carbocycles. The molecular formula is C20H19N3O2S. The zero-order valence-electron chi connectivity index (χ0n) is 14.6. The molecule has 0 fully saturated rings. The number of hydrogen-bond donors (Lipinski definition) is 1. The molecule has 1 amide bonds. The van der Waals surface area contributed by atoms with E-state index in [1.165, 1.54) is 11.8 Å². The lowest BCUT2D eigenvalue weighted by atomic mass is 10.1. The molecule has 0 spiro atoms. The first-order chi connectivity index (χ1) is 12.6. The van der Waals surface area contributed by atoms with Crippen molar-refractivity contribution >= 4 is 23.4 Å². The normalized spacial score (nSPS) is 10.4. The van der Waals surface area contributed by atoms with Gasteiger partial charge in [0.15, 0.2) is 5.16 Å². The Morgan fingerprint density at radius 3 is 2.50 bits per heavy atom. The number of nitrogens with one attached hydrogen (secondary N) is 1. The van der Waals surface area contributed by atoms with E-state index in [9.17, 15) is 4.79 Å². The van der Waals surface area contributed by atoms with Crippen LogP contribution in [0.2, 0.25) is 0 Å². The minimum Gasteiger partial charge on any atom is -0.497 e. The molecule has 0 unspecified atom stereocenters. The molecule has 0 saturated heterocycles. The highest BCUT2D eigenvalue weighted by atomic mass is 32.2. The molecule has 5 nitrogen and oxygen atoms in total. The monoisotopic (exact) mass is 365 g/mol.